The van der Waals surface area contributed by atoms with Crippen LogP contribution in [0.1, 0.15) is 46.5 Å². The zero-order valence-electron chi connectivity index (χ0n) is 15.8. The second-order valence-corrected chi connectivity index (χ2v) is 7.75. The van der Waals surface area contributed by atoms with E-state index in [2.05, 4.69) is 52.9 Å². The van der Waals surface area contributed by atoms with Crippen LogP contribution in [0.3, 0.4) is 0 Å². The van der Waals surface area contributed by atoms with Gasteiger partial charge in [0.1, 0.15) is 0 Å². The minimum Gasteiger partial charge on any atom is -0.352 e. The number of anilines is 2. The molecule has 25 heavy (non-hydrogen) atoms. The van der Waals surface area contributed by atoms with Crippen molar-refractivity contribution in [1.82, 2.24) is 15.1 Å². The van der Waals surface area contributed by atoms with Crippen LogP contribution in [0.15, 0.2) is 12.1 Å². The molecule has 1 unspecified atom stereocenters. The summed E-state index contributed by atoms with van der Waals surface area (Å²) < 4.78 is 0. The average Bonchev–Trinajstić information content (AvgIpc) is 2.62. The topological polar surface area (TPSA) is 52.6 Å². The first kappa shape index (κ1) is 18.0. The van der Waals surface area contributed by atoms with Crippen molar-refractivity contribution in [2.24, 2.45) is 5.92 Å². The molecule has 3 heterocycles. The van der Waals surface area contributed by atoms with Crippen LogP contribution in [0.5, 0.6) is 0 Å². The highest BCUT2D eigenvalue weighted by Gasteiger charge is 2.23. The zero-order chi connectivity index (χ0) is 17.8. The maximum absolute atomic E-state index is 12.2. The summed E-state index contributed by atoms with van der Waals surface area (Å²) in [5.41, 5.74) is 0. The molecule has 0 saturated carbocycles. The van der Waals surface area contributed by atoms with Crippen molar-refractivity contribution in [2.75, 3.05) is 42.5 Å². The van der Waals surface area contributed by atoms with Gasteiger partial charge in [-0.15, -0.1) is 10.2 Å². The number of carbonyl (C=O) groups is 1. The lowest BCUT2D eigenvalue weighted by atomic mass is 10.0. The summed E-state index contributed by atoms with van der Waals surface area (Å²) in [5, 5.41) is 8.94. The number of nitrogens with zero attached hydrogens (tertiary/aromatic N) is 5. The quantitative estimate of drug-likeness (QED) is 0.839. The molecule has 6 nitrogen and oxygen atoms in total. The van der Waals surface area contributed by atoms with Crippen molar-refractivity contribution >= 4 is 17.5 Å². The lowest BCUT2D eigenvalue weighted by Gasteiger charge is -2.36. The summed E-state index contributed by atoms with van der Waals surface area (Å²) >= 11 is 0. The van der Waals surface area contributed by atoms with Gasteiger partial charge in [0.15, 0.2) is 11.6 Å². The molecule has 1 amide bonds. The minimum atomic E-state index is 0.273. The highest BCUT2D eigenvalue weighted by atomic mass is 16.2. The molecule has 1 aromatic rings. The number of amides is 1. The second-order valence-electron chi connectivity index (χ2n) is 7.75. The number of piperidine rings is 1. The van der Waals surface area contributed by atoms with Crippen molar-refractivity contribution in [3.05, 3.63) is 12.1 Å². The second kappa shape index (κ2) is 8.02. The number of hydrogen-bond donors (Lipinski definition) is 0. The van der Waals surface area contributed by atoms with E-state index in [1.807, 2.05) is 4.90 Å². The fourth-order valence-electron chi connectivity index (χ4n) is 3.74. The highest BCUT2D eigenvalue weighted by Crippen LogP contribution is 2.23. The molecule has 2 aliphatic rings. The van der Waals surface area contributed by atoms with Gasteiger partial charge < -0.3 is 14.7 Å². The maximum atomic E-state index is 12.2. The number of aromatic nitrogens is 2. The Hall–Kier alpha value is -1.85. The molecular formula is C19H31N5O. The molecule has 2 saturated heterocycles. The first-order valence-electron chi connectivity index (χ1n) is 9.67. The van der Waals surface area contributed by atoms with Crippen LogP contribution in [-0.4, -0.2) is 59.8 Å². The third-order valence-electron chi connectivity index (χ3n) is 5.27. The third kappa shape index (κ3) is 4.41. The van der Waals surface area contributed by atoms with Gasteiger partial charge in [-0.25, -0.2) is 0 Å². The van der Waals surface area contributed by atoms with E-state index in [0.717, 1.165) is 44.4 Å². The van der Waals surface area contributed by atoms with Crippen molar-refractivity contribution in [3.63, 3.8) is 0 Å². The molecule has 1 aromatic heterocycles. The largest absolute Gasteiger partial charge is 0.352 e. The summed E-state index contributed by atoms with van der Waals surface area (Å²) in [7, 11) is 0. The van der Waals surface area contributed by atoms with Gasteiger partial charge in [-0.05, 0) is 44.2 Å². The number of carbonyl (C=O) groups excluding carboxylic acids is 1. The van der Waals surface area contributed by atoms with Crippen molar-refractivity contribution < 1.29 is 4.79 Å². The first-order valence-corrected chi connectivity index (χ1v) is 9.67. The standard InChI is InChI=1S/C19H31N5O/c1-15(2)14-19(25)23-12-10-22(11-13-23)17-7-8-18(21-20-17)24-9-5-4-6-16(24)3/h7-8,15-16H,4-6,9-14H2,1-3H3. The Bertz CT molecular complexity index is 566. The highest BCUT2D eigenvalue weighted by molar-refractivity contribution is 5.76. The Morgan fingerprint density at radius 1 is 1.08 bits per heavy atom. The zero-order valence-corrected chi connectivity index (χ0v) is 15.8. The molecule has 0 aliphatic carbocycles. The summed E-state index contributed by atoms with van der Waals surface area (Å²) in [5.74, 6) is 2.60. The Balaban J connectivity index is 1.56. The smallest absolute Gasteiger partial charge is 0.222 e. The van der Waals surface area contributed by atoms with Gasteiger partial charge in [-0.2, -0.15) is 0 Å². The van der Waals surface area contributed by atoms with E-state index in [0.29, 0.717) is 18.4 Å². The lowest BCUT2D eigenvalue weighted by molar-refractivity contribution is -0.132. The van der Waals surface area contributed by atoms with Gasteiger partial charge in [0.25, 0.3) is 0 Å². The van der Waals surface area contributed by atoms with E-state index >= 15 is 0 Å². The summed E-state index contributed by atoms with van der Waals surface area (Å²) in [4.78, 5) is 18.8. The third-order valence-corrected chi connectivity index (χ3v) is 5.27. The van der Waals surface area contributed by atoms with Crippen LogP contribution in [-0.2, 0) is 4.79 Å². The molecule has 0 N–H and O–H groups in total. The Morgan fingerprint density at radius 3 is 2.36 bits per heavy atom. The fraction of sp³-hybridized carbons (Fsp3) is 0.737. The summed E-state index contributed by atoms with van der Waals surface area (Å²) in [6.07, 6.45) is 4.42. The average molecular weight is 345 g/mol. The number of piperazine rings is 1. The summed E-state index contributed by atoms with van der Waals surface area (Å²) in [6, 6.07) is 4.72. The predicted octanol–water partition coefficient (Wildman–Crippen LogP) is 2.55. The Kier molecular flexibility index (Phi) is 5.76. The molecule has 0 spiro atoms. The van der Waals surface area contributed by atoms with E-state index in [9.17, 15) is 4.79 Å². The molecule has 6 heteroatoms. The van der Waals surface area contributed by atoms with E-state index < -0.39 is 0 Å². The SMILES string of the molecule is CC(C)CC(=O)N1CCN(c2ccc(N3CCCCC3C)nn2)CC1. The Morgan fingerprint density at radius 2 is 1.76 bits per heavy atom. The molecule has 2 fully saturated rings. The van der Waals surface area contributed by atoms with E-state index in [1.165, 1.54) is 19.3 Å². The molecule has 3 rings (SSSR count). The monoisotopic (exact) mass is 345 g/mol. The van der Waals surface area contributed by atoms with Crippen LogP contribution in [0.2, 0.25) is 0 Å². The fourth-order valence-corrected chi connectivity index (χ4v) is 3.74. The summed E-state index contributed by atoms with van der Waals surface area (Å²) in [6.45, 7) is 10.7. The molecular weight excluding hydrogens is 314 g/mol. The van der Waals surface area contributed by atoms with Gasteiger partial charge in [0.2, 0.25) is 5.91 Å². The molecule has 1 atom stereocenters. The van der Waals surface area contributed by atoms with Crippen molar-refractivity contribution in [1.29, 1.82) is 0 Å². The van der Waals surface area contributed by atoms with Crippen molar-refractivity contribution in [2.45, 2.75) is 52.5 Å². The molecule has 0 bridgehead atoms. The Labute approximate surface area is 151 Å². The van der Waals surface area contributed by atoms with E-state index in [4.69, 9.17) is 0 Å². The molecule has 2 aliphatic heterocycles. The van der Waals surface area contributed by atoms with Crippen molar-refractivity contribution in [3.8, 4) is 0 Å². The van der Waals surface area contributed by atoms with Gasteiger partial charge in [-0.3, -0.25) is 4.79 Å². The van der Waals surface area contributed by atoms with E-state index in [-0.39, 0.29) is 5.91 Å². The number of hydrogen-bond acceptors (Lipinski definition) is 5. The first-order chi connectivity index (χ1) is 12.0. The normalized spacial score (nSPS) is 21.8. The number of rotatable bonds is 4. The minimum absolute atomic E-state index is 0.273. The lowest BCUT2D eigenvalue weighted by Crippen LogP contribution is -2.49. The van der Waals surface area contributed by atoms with Crippen LogP contribution < -0.4 is 9.80 Å². The van der Waals surface area contributed by atoms with Crippen LogP contribution in [0, 0.1) is 5.92 Å². The molecule has 0 radical (unpaired) electrons. The van der Waals surface area contributed by atoms with Crippen LogP contribution in [0.25, 0.3) is 0 Å². The maximum Gasteiger partial charge on any atom is 0.222 e. The van der Waals surface area contributed by atoms with Gasteiger partial charge in [-0.1, -0.05) is 13.8 Å². The predicted molar refractivity (Wildman–Crippen MR) is 101 cm³/mol. The van der Waals surface area contributed by atoms with Gasteiger partial charge in [0, 0.05) is 45.2 Å². The van der Waals surface area contributed by atoms with Gasteiger partial charge in [0.05, 0.1) is 0 Å². The molecule has 0 aromatic carbocycles. The van der Waals surface area contributed by atoms with Gasteiger partial charge >= 0.3 is 0 Å². The van der Waals surface area contributed by atoms with E-state index in [1.54, 1.807) is 0 Å². The molecule has 138 valence electrons. The van der Waals surface area contributed by atoms with Crippen LogP contribution in [0.4, 0.5) is 11.6 Å². The van der Waals surface area contributed by atoms with Crippen LogP contribution >= 0.6 is 0 Å².